The molecule has 5 heteroatoms. The van der Waals surface area contributed by atoms with Gasteiger partial charge in [0.15, 0.2) is 0 Å². The molecule has 0 aliphatic carbocycles. The Bertz CT molecular complexity index is 658. The number of carbonyl (C=O) groups is 1. The minimum atomic E-state index is -0.183. The second kappa shape index (κ2) is 7.84. The van der Waals surface area contributed by atoms with Crippen LogP contribution in [0.15, 0.2) is 46.9 Å². The highest BCUT2D eigenvalue weighted by atomic mass is 79.9. The summed E-state index contributed by atoms with van der Waals surface area (Å²) in [5.74, 6) is 1.27. The number of carbonyl (C=O) groups excluding carboxylic acids is 1. The first kappa shape index (κ1) is 16.4. The van der Waals surface area contributed by atoms with Crippen molar-refractivity contribution in [2.45, 2.75) is 13.8 Å². The number of amides is 1. The van der Waals surface area contributed by atoms with E-state index in [4.69, 9.17) is 9.47 Å². The quantitative estimate of drug-likeness (QED) is 0.821. The van der Waals surface area contributed by atoms with Gasteiger partial charge in [0.1, 0.15) is 11.5 Å². The maximum Gasteiger partial charge on any atom is 0.255 e. The average molecular weight is 364 g/mol. The highest BCUT2D eigenvalue weighted by molar-refractivity contribution is 9.10. The molecule has 1 N–H and O–H groups in total. The summed E-state index contributed by atoms with van der Waals surface area (Å²) in [6.45, 7) is 5.00. The summed E-state index contributed by atoms with van der Waals surface area (Å²) in [5, 5.41) is 2.86. The highest BCUT2D eigenvalue weighted by Gasteiger charge is 2.10. The number of hydrogen-bond acceptors (Lipinski definition) is 3. The van der Waals surface area contributed by atoms with E-state index in [1.165, 1.54) is 0 Å². The van der Waals surface area contributed by atoms with Gasteiger partial charge in [-0.1, -0.05) is 6.07 Å². The van der Waals surface area contributed by atoms with Crippen LogP contribution >= 0.6 is 15.9 Å². The molecule has 0 saturated heterocycles. The van der Waals surface area contributed by atoms with Crippen molar-refractivity contribution in [3.63, 3.8) is 0 Å². The lowest BCUT2D eigenvalue weighted by Crippen LogP contribution is -2.12. The number of benzene rings is 2. The molecule has 0 aliphatic rings. The number of halogens is 1. The van der Waals surface area contributed by atoms with Gasteiger partial charge in [-0.15, -0.1) is 0 Å². The molecule has 4 nitrogen and oxygen atoms in total. The first-order valence-electron chi connectivity index (χ1n) is 7.10. The Hall–Kier alpha value is -2.01. The molecule has 0 fully saturated rings. The lowest BCUT2D eigenvalue weighted by molar-refractivity contribution is 0.102. The summed E-state index contributed by atoms with van der Waals surface area (Å²) < 4.78 is 11.6. The number of ether oxygens (including phenoxy) is 2. The monoisotopic (exact) mass is 363 g/mol. The van der Waals surface area contributed by atoms with Crippen LogP contribution in [0.1, 0.15) is 24.2 Å². The third-order valence-corrected chi connectivity index (χ3v) is 3.52. The third kappa shape index (κ3) is 4.24. The molecule has 0 unspecified atom stereocenters. The van der Waals surface area contributed by atoms with Crippen molar-refractivity contribution in [1.29, 1.82) is 0 Å². The minimum Gasteiger partial charge on any atom is -0.494 e. The van der Waals surface area contributed by atoms with E-state index < -0.39 is 0 Å². The zero-order chi connectivity index (χ0) is 15.9. The topological polar surface area (TPSA) is 47.6 Å². The second-order valence-electron chi connectivity index (χ2n) is 4.49. The molecule has 1 amide bonds. The Morgan fingerprint density at radius 2 is 1.86 bits per heavy atom. The molecular weight excluding hydrogens is 346 g/mol. The van der Waals surface area contributed by atoms with Gasteiger partial charge in [0.25, 0.3) is 5.91 Å². The summed E-state index contributed by atoms with van der Waals surface area (Å²) in [6.07, 6.45) is 0. The summed E-state index contributed by atoms with van der Waals surface area (Å²) >= 11 is 3.41. The fourth-order valence-electron chi connectivity index (χ4n) is 1.95. The van der Waals surface area contributed by atoms with Crippen molar-refractivity contribution in [2.24, 2.45) is 0 Å². The molecular formula is C17H18BrNO3. The van der Waals surface area contributed by atoms with Crippen LogP contribution in [0.3, 0.4) is 0 Å². The van der Waals surface area contributed by atoms with E-state index in [0.29, 0.717) is 24.5 Å². The van der Waals surface area contributed by atoms with Crippen LogP contribution in [-0.2, 0) is 0 Å². The molecule has 0 aliphatic heterocycles. The fraction of sp³-hybridized carbons (Fsp3) is 0.235. The Kier molecular flexibility index (Phi) is 5.83. The SMILES string of the molecule is CCOc1cccc(NC(=O)c2ccc(OCC)c(Br)c2)c1. The molecule has 0 spiro atoms. The standard InChI is InChI=1S/C17H18BrNO3/c1-3-21-14-7-5-6-13(11-14)19-17(20)12-8-9-16(22-4-2)15(18)10-12/h5-11H,3-4H2,1-2H3,(H,19,20). The molecule has 2 aromatic rings. The Morgan fingerprint density at radius 1 is 1.09 bits per heavy atom. The van der Waals surface area contributed by atoms with E-state index >= 15 is 0 Å². The van der Waals surface area contributed by atoms with E-state index in [1.54, 1.807) is 24.3 Å². The van der Waals surface area contributed by atoms with E-state index in [0.717, 1.165) is 16.0 Å². The number of rotatable bonds is 6. The molecule has 2 aromatic carbocycles. The molecule has 0 saturated carbocycles. The summed E-state index contributed by atoms with van der Waals surface area (Å²) in [6, 6.07) is 12.6. The van der Waals surface area contributed by atoms with Crippen LogP contribution < -0.4 is 14.8 Å². The van der Waals surface area contributed by atoms with Crippen molar-refractivity contribution in [3.05, 3.63) is 52.5 Å². The van der Waals surface area contributed by atoms with Crippen LogP contribution in [0.4, 0.5) is 5.69 Å². The van der Waals surface area contributed by atoms with Crippen molar-refractivity contribution >= 4 is 27.5 Å². The van der Waals surface area contributed by atoms with Gasteiger partial charge in [-0.3, -0.25) is 4.79 Å². The summed E-state index contributed by atoms with van der Waals surface area (Å²) in [4.78, 5) is 12.3. The molecule has 0 radical (unpaired) electrons. The van der Waals surface area contributed by atoms with Crippen LogP contribution in [0, 0.1) is 0 Å². The fourth-order valence-corrected chi connectivity index (χ4v) is 2.44. The normalized spacial score (nSPS) is 10.1. The largest absolute Gasteiger partial charge is 0.494 e. The van der Waals surface area contributed by atoms with Gasteiger partial charge >= 0.3 is 0 Å². The molecule has 0 heterocycles. The lowest BCUT2D eigenvalue weighted by atomic mass is 10.2. The van der Waals surface area contributed by atoms with Gasteiger partial charge in [0, 0.05) is 17.3 Å². The predicted molar refractivity (Wildman–Crippen MR) is 90.9 cm³/mol. The number of nitrogens with one attached hydrogen (secondary N) is 1. The Morgan fingerprint density at radius 3 is 2.55 bits per heavy atom. The van der Waals surface area contributed by atoms with Gasteiger partial charge in [-0.2, -0.15) is 0 Å². The first-order valence-corrected chi connectivity index (χ1v) is 7.90. The second-order valence-corrected chi connectivity index (χ2v) is 5.35. The Labute approximate surface area is 138 Å². The highest BCUT2D eigenvalue weighted by Crippen LogP contribution is 2.26. The number of anilines is 1. The van der Waals surface area contributed by atoms with Crippen molar-refractivity contribution in [1.82, 2.24) is 0 Å². The first-order chi connectivity index (χ1) is 10.6. The van der Waals surface area contributed by atoms with Gasteiger partial charge in [-0.25, -0.2) is 0 Å². The zero-order valence-electron chi connectivity index (χ0n) is 12.6. The maximum absolute atomic E-state index is 12.3. The molecule has 2 rings (SSSR count). The molecule has 0 aromatic heterocycles. The molecule has 22 heavy (non-hydrogen) atoms. The lowest BCUT2D eigenvalue weighted by Gasteiger charge is -2.10. The molecule has 0 bridgehead atoms. The molecule has 116 valence electrons. The smallest absolute Gasteiger partial charge is 0.255 e. The molecule has 0 atom stereocenters. The maximum atomic E-state index is 12.3. The van der Waals surface area contributed by atoms with Crippen molar-refractivity contribution in [3.8, 4) is 11.5 Å². The zero-order valence-corrected chi connectivity index (χ0v) is 14.1. The predicted octanol–water partition coefficient (Wildman–Crippen LogP) is 4.50. The van der Waals surface area contributed by atoms with Gasteiger partial charge in [0.05, 0.1) is 17.7 Å². The van der Waals surface area contributed by atoms with Gasteiger partial charge in [-0.05, 0) is 60.1 Å². The minimum absolute atomic E-state index is 0.183. The van der Waals surface area contributed by atoms with Crippen molar-refractivity contribution < 1.29 is 14.3 Å². The van der Waals surface area contributed by atoms with Crippen LogP contribution in [0.25, 0.3) is 0 Å². The van der Waals surface area contributed by atoms with E-state index in [9.17, 15) is 4.79 Å². The summed E-state index contributed by atoms with van der Waals surface area (Å²) in [7, 11) is 0. The van der Waals surface area contributed by atoms with Crippen LogP contribution in [-0.4, -0.2) is 19.1 Å². The third-order valence-electron chi connectivity index (χ3n) is 2.90. The van der Waals surface area contributed by atoms with E-state index in [-0.39, 0.29) is 5.91 Å². The van der Waals surface area contributed by atoms with Gasteiger partial charge in [0.2, 0.25) is 0 Å². The van der Waals surface area contributed by atoms with E-state index in [2.05, 4.69) is 21.2 Å². The van der Waals surface area contributed by atoms with Crippen molar-refractivity contribution in [2.75, 3.05) is 18.5 Å². The summed E-state index contributed by atoms with van der Waals surface area (Å²) in [5.41, 5.74) is 1.25. The van der Waals surface area contributed by atoms with Gasteiger partial charge < -0.3 is 14.8 Å². The number of hydrogen-bond donors (Lipinski definition) is 1. The van der Waals surface area contributed by atoms with Crippen LogP contribution in [0.5, 0.6) is 11.5 Å². The van der Waals surface area contributed by atoms with Crippen LogP contribution in [0.2, 0.25) is 0 Å². The Balaban J connectivity index is 2.12. The average Bonchev–Trinajstić information content (AvgIpc) is 2.50. The van der Waals surface area contributed by atoms with E-state index in [1.807, 2.05) is 32.0 Å².